The lowest BCUT2D eigenvalue weighted by Gasteiger charge is -1.86. The molecule has 2 nitrogen and oxygen atoms in total. The minimum Gasteiger partial charge on any atom is -0.275 e. The summed E-state index contributed by atoms with van der Waals surface area (Å²) in [5.41, 5.74) is 1.69. The van der Waals surface area contributed by atoms with Crippen molar-refractivity contribution in [1.29, 1.82) is 0 Å². The topological polar surface area (TPSA) is 17.8 Å². The van der Waals surface area contributed by atoms with Crippen LogP contribution < -0.4 is 0 Å². The highest BCUT2D eigenvalue weighted by atomic mass is 19.1. The Morgan fingerprint density at radius 1 is 1.73 bits per heavy atom. The van der Waals surface area contributed by atoms with Crippen LogP contribution in [0.1, 0.15) is 18.2 Å². The molecule has 60 valence electrons. The van der Waals surface area contributed by atoms with Gasteiger partial charge in [-0.05, 0) is 25.5 Å². The van der Waals surface area contributed by atoms with Crippen molar-refractivity contribution in [2.45, 2.75) is 13.8 Å². The van der Waals surface area contributed by atoms with Gasteiger partial charge in [-0.2, -0.15) is 5.10 Å². The highest BCUT2D eigenvalue weighted by molar-refractivity contribution is 5.49. The van der Waals surface area contributed by atoms with Crippen molar-refractivity contribution in [3.63, 3.8) is 0 Å². The van der Waals surface area contributed by atoms with Crippen LogP contribution in [0.3, 0.4) is 0 Å². The molecule has 0 saturated heterocycles. The van der Waals surface area contributed by atoms with Gasteiger partial charge in [-0.1, -0.05) is 0 Å². The third kappa shape index (κ3) is 1.90. The van der Waals surface area contributed by atoms with Gasteiger partial charge < -0.3 is 0 Å². The van der Waals surface area contributed by atoms with Gasteiger partial charge in [0.2, 0.25) is 0 Å². The number of aromatic nitrogens is 2. The zero-order valence-electron chi connectivity index (χ0n) is 6.93. The largest absolute Gasteiger partial charge is 0.275 e. The fourth-order valence-corrected chi connectivity index (χ4v) is 0.955. The van der Waals surface area contributed by atoms with Gasteiger partial charge in [-0.25, -0.2) is 4.39 Å². The molecular weight excluding hydrogens is 143 g/mol. The average molecular weight is 154 g/mol. The second-order valence-corrected chi connectivity index (χ2v) is 2.60. The SMILES string of the molecule is C/C(F)=C\c1nn(C)cc1C. The summed E-state index contributed by atoms with van der Waals surface area (Å²) in [4.78, 5) is 0. The summed E-state index contributed by atoms with van der Waals surface area (Å²) in [6, 6.07) is 0. The molecule has 1 rings (SSSR count). The van der Waals surface area contributed by atoms with E-state index in [1.807, 2.05) is 20.2 Å². The molecule has 3 heteroatoms. The van der Waals surface area contributed by atoms with E-state index in [1.54, 1.807) is 4.68 Å². The second kappa shape index (κ2) is 2.86. The van der Waals surface area contributed by atoms with E-state index in [4.69, 9.17) is 0 Å². The maximum atomic E-state index is 12.4. The summed E-state index contributed by atoms with van der Waals surface area (Å²) in [5, 5.41) is 4.05. The van der Waals surface area contributed by atoms with E-state index in [0.29, 0.717) is 5.69 Å². The maximum Gasteiger partial charge on any atom is 0.0990 e. The molecule has 0 radical (unpaired) electrons. The number of nitrogens with zero attached hydrogens (tertiary/aromatic N) is 2. The first kappa shape index (κ1) is 7.98. The van der Waals surface area contributed by atoms with Crippen LogP contribution in [0.4, 0.5) is 4.39 Å². The van der Waals surface area contributed by atoms with Gasteiger partial charge in [0.25, 0.3) is 0 Å². The van der Waals surface area contributed by atoms with E-state index in [0.717, 1.165) is 5.56 Å². The monoisotopic (exact) mass is 154 g/mol. The molecule has 0 bridgehead atoms. The Kier molecular flexibility index (Phi) is 2.08. The van der Waals surface area contributed by atoms with Gasteiger partial charge in [0.05, 0.1) is 11.5 Å². The molecule has 1 aromatic heterocycles. The Hall–Kier alpha value is -1.12. The number of hydrogen-bond donors (Lipinski definition) is 0. The smallest absolute Gasteiger partial charge is 0.0990 e. The molecule has 0 unspecified atom stereocenters. The zero-order valence-corrected chi connectivity index (χ0v) is 6.93. The normalized spacial score (nSPS) is 12.2. The predicted molar refractivity (Wildman–Crippen MR) is 42.7 cm³/mol. The van der Waals surface area contributed by atoms with Crippen LogP contribution in [0.25, 0.3) is 6.08 Å². The Morgan fingerprint density at radius 3 is 2.73 bits per heavy atom. The third-order valence-corrected chi connectivity index (χ3v) is 1.39. The van der Waals surface area contributed by atoms with E-state index in [9.17, 15) is 4.39 Å². The molecular formula is C8H11FN2. The summed E-state index contributed by atoms with van der Waals surface area (Å²) in [6.07, 6.45) is 3.28. The summed E-state index contributed by atoms with van der Waals surface area (Å²) in [5.74, 6) is -0.216. The minimum atomic E-state index is -0.216. The first-order chi connectivity index (χ1) is 5.09. The quantitative estimate of drug-likeness (QED) is 0.605. The van der Waals surface area contributed by atoms with E-state index in [2.05, 4.69) is 5.10 Å². The fourth-order valence-electron chi connectivity index (χ4n) is 0.955. The lowest BCUT2D eigenvalue weighted by atomic mass is 10.2. The molecule has 0 N–H and O–H groups in total. The van der Waals surface area contributed by atoms with Crippen LogP contribution in [0.5, 0.6) is 0 Å². The van der Waals surface area contributed by atoms with Gasteiger partial charge in [0.15, 0.2) is 0 Å². The van der Waals surface area contributed by atoms with Gasteiger partial charge in [0.1, 0.15) is 0 Å². The molecule has 0 atom stereocenters. The van der Waals surface area contributed by atoms with Crippen molar-refractivity contribution < 1.29 is 4.39 Å². The molecule has 0 aliphatic rings. The molecule has 0 aromatic carbocycles. The molecule has 11 heavy (non-hydrogen) atoms. The summed E-state index contributed by atoms with van der Waals surface area (Å²) >= 11 is 0. The number of hydrogen-bond acceptors (Lipinski definition) is 1. The van der Waals surface area contributed by atoms with Gasteiger partial charge in [-0.3, -0.25) is 4.68 Å². The second-order valence-electron chi connectivity index (χ2n) is 2.60. The Bertz CT molecular complexity index is 282. The van der Waals surface area contributed by atoms with Crippen molar-refractivity contribution in [2.24, 2.45) is 7.05 Å². The molecule has 0 aliphatic heterocycles. The van der Waals surface area contributed by atoms with Crippen LogP contribution in [0.15, 0.2) is 12.0 Å². The van der Waals surface area contributed by atoms with Crippen molar-refractivity contribution >= 4 is 6.08 Å². The number of aryl methyl sites for hydroxylation is 2. The number of allylic oxidation sites excluding steroid dienone is 1. The maximum absolute atomic E-state index is 12.4. The number of halogens is 1. The highest BCUT2D eigenvalue weighted by Gasteiger charge is 1.99. The van der Waals surface area contributed by atoms with Crippen LogP contribution in [0.2, 0.25) is 0 Å². The number of rotatable bonds is 1. The van der Waals surface area contributed by atoms with Crippen LogP contribution >= 0.6 is 0 Å². The van der Waals surface area contributed by atoms with Crippen molar-refractivity contribution in [2.75, 3.05) is 0 Å². The van der Waals surface area contributed by atoms with Gasteiger partial charge in [-0.15, -0.1) is 0 Å². The average Bonchev–Trinajstić information content (AvgIpc) is 2.09. The summed E-state index contributed by atoms with van der Waals surface area (Å²) in [6.45, 7) is 3.32. The van der Waals surface area contributed by atoms with Crippen molar-refractivity contribution in [3.05, 3.63) is 23.3 Å². The van der Waals surface area contributed by atoms with E-state index in [1.165, 1.54) is 13.0 Å². The van der Waals surface area contributed by atoms with E-state index in [-0.39, 0.29) is 5.83 Å². The lowest BCUT2D eigenvalue weighted by molar-refractivity contribution is 0.647. The van der Waals surface area contributed by atoms with E-state index >= 15 is 0 Å². The molecule has 0 spiro atoms. The minimum absolute atomic E-state index is 0.216. The van der Waals surface area contributed by atoms with Crippen LogP contribution in [-0.2, 0) is 7.05 Å². The molecule has 0 amide bonds. The molecule has 1 aromatic rings. The Labute approximate surface area is 65.3 Å². The third-order valence-electron chi connectivity index (χ3n) is 1.39. The van der Waals surface area contributed by atoms with Gasteiger partial charge >= 0.3 is 0 Å². The van der Waals surface area contributed by atoms with Crippen LogP contribution in [-0.4, -0.2) is 9.78 Å². The zero-order chi connectivity index (χ0) is 8.43. The molecule has 0 saturated carbocycles. The Morgan fingerprint density at radius 2 is 2.36 bits per heavy atom. The standard InChI is InChI=1S/C8H11FN2/c1-6-5-11(3)10-8(6)4-7(2)9/h4-5H,1-3H3/b7-4+. The van der Waals surface area contributed by atoms with Gasteiger partial charge in [0, 0.05) is 13.2 Å². The first-order valence-corrected chi connectivity index (χ1v) is 3.43. The molecule has 0 fully saturated rings. The molecule has 0 aliphatic carbocycles. The summed E-state index contributed by atoms with van der Waals surface area (Å²) < 4.78 is 14.1. The van der Waals surface area contributed by atoms with Crippen LogP contribution in [0, 0.1) is 6.92 Å². The lowest BCUT2D eigenvalue weighted by Crippen LogP contribution is -1.86. The van der Waals surface area contributed by atoms with Crippen molar-refractivity contribution in [3.8, 4) is 0 Å². The summed E-state index contributed by atoms with van der Waals surface area (Å²) in [7, 11) is 1.82. The van der Waals surface area contributed by atoms with Crippen molar-refractivity contribution in [1.82, 2.24) is 9.78 Å². The highest BCUT2D eigenvalue weighted by Crippen LogP contribution is 2.09. The Balaban J connectivity index is 3.04. The first-order valence-electron chi connectivity index (χ1n) is 3.43. The predicted octanol–water partition coefficient (Wildman–Crippen LogP) is 2.06. The fraction of sp³-hybridized carbons (Fsp3) is 0.375. The van der Waals surface area contributed by atoms with E-state index < -0.39 is 0 Å². The molecule has 1 heterocycles.